The average Bonchev–Trinajstić information content (AvgIpc) is 2.58. The van der Waals surface area contributed by atoms with E-state index >= 15 is 0 Å². The third-order valence-electron chi connectivity index (χ3n) is 3.26. The highest BCUT2D eigenvalue weighted by atomic mass is 35.5. The Labute approximate surface area is 134 Å². The van der Waals surface area contributed by atoms with E-state index in [2.05, 4.69) is 0 Å². The first-order chi connectivity index (χ1) is 10.7. The van der Waals surface area contributed by atoms with Gasteiger partial charge in [-0.2, -0.15) is 0 Å². The number of hydrogen-bond acceptors (Lipinski definition) is 2. The lowest BCUT2D eigenvalue weighted by atomic mass is 10.3. The van der Waals surface area contributed by atoms with Gasteiger partial charge in [0.15, 0.2) is 0 Å². The van der Waals surface area contributed by atoms with Crippen LogP contribution in [-0.2, 0) is 4.57 Å². The highest BCUT2D eigenvalue weighted by molar-refractivity contribution is 7.74. The van der Waals surface area contributed by atoms with Crippen LogP contribution >= 0.6 is 19.0 Å². The molecule has 0 N–H and O–H groups in total. The van der Waals surface area contributed by atoms with Gasteiger partial charge in [0.2, 0.25) is 0 Å². The van der Waals surface area contributed by atoms with Crippen LogP contribution in [0, 0.1) is 0 Å². The summed E-state index contributed by atoms with van der Waals surface area (Å²) in [5.41, 5.74) is 0. The van der Waals surface area contributed by atoms with E-state index in [0.29, 0.717) is 21.4 Å². The molecule has 3 aromatic rings. The highest BCUT2D eigenvalue weighted by Crippen LogP contribution is 2.46. The van der Waals surface area contributed by atoms with Crippen molar-refractivity contribution in [2.75, 3.05) is 0 Å². The zero-order valence-corrected chi connectivity index (χ0v) is 13.4. The van der Waals surface area contributed by atoms with Gasteiger partial charge in [-0.25, -0.2) is 0 Å². The van der Waals surface area contributed by atoms with Crippen LogP contribution in [0.1, 0.15) is 0 Å². The van der Waals surface area contributed by atoms with Gasteiger partial charge in [-0.3, -0.25) is 4.57 Å². The van der Waals surface area contributed by atoms with Gasteiger partial charge in [-0.05, 0) is 36.4 Å². The maximum atomic E-state index is 13.7. The summed E-state index contributed by atoms with van der Waals surface area (Å²) in [6, 6.07) is 25.5. The molecule has 0 bridgehead atoms. The molecule has 110 valence electrons. The van der Waals surface area contributed by atoms with Gasteiger partial charge in [0.1, 0.15) is 5.75 Å². The van der Waals surface area contributed by atoms with E-state index in [1.54, 1.807) is 12.1 Å². The molecular weight excluding hydrogens is 315 g/mol. The van der Waals surface area contributed by atoms with Crippen LogP contribution in [0.2, 0.25) is 5.02 Å². The van der Waals surface area contributed by atoms with Crippen LogP contribution in [-0.4, -0.2) is 0 Å². The first-order valence-corrected chi connectivity index (χ1v) is 8.86. The van der Waals surface area contributed by atoms with Crippen molar-refractivity contribution in [3.63, 3.8) is 0 Å². The summed E-state index contributed by atoms with van der Waals surface area (Å²) in [6.07, 6.45) is 0. The van der Waals surface area contributed by atoms with Gasteiger partial charge in [0, 0.05) is 0 Å². The molecule has 2 nitrogen and oxygen atoms in total. The number of hydrogen-bond donors (Lipinski definition) is 0. The highest BCUT2D eigenvalue weighted by Gasteiger charge is 2.30. The molecular formula is C18H14ClO2P. The predicted octanol–water partition coefficient (Wildman–Crippen LogP) is 4.65. The fourth-order valence-corrected chi connectivity index (χ4v) is 4.46. The molecule has 0 aromatic heterocycles. The Kier molecular flexibility index (Phi) is 4.33. The molecule has 0 spiro atoms. The topological polar surface area (TPSA) is 26.3 Å². The molecule has 0 saturated carbocycles. The molecule has 0 aliphatic heterocycles. The lowest BCUT2D eigenvalue weighted by molar-refractivity contribution is 0.503. The second-order valence-corrected chi connectivity index (χ2v) is 7.47. The Balaban J connectivity index is 2.13. The predicted molar refractivity (Wildman–Crippen MR) is 91.8 cm³/mol. The lowest BCUT2D eigenvalue weighted by Crippen LogP contribution is -2.20. The third kappa shape index (κ3) is 2.94. The maximum Gasteiger partial charge on any atom is 0.306 e. The summed E-state index contributed by atoms with van der Waals surface area (Å²) in [6.45, 7) is 0. The molecule has 0 aliphatic rings. The van der Waals surface area contributed by atoms with E-state index in [1.807, 2.05) is 72.8 Å². The molecule has 4 heteroatoms. The minimum Gasteiger partial charge on any atom is -0.435 e. The van der Waals surface area contributed by atoms with E-state index in [0.717, 1.165) is 0 Å². The van der Waals surface area contributed by atoms with Crippen molar-refractivity contribution in [3.05, 3.63) is 90.0 Å². The largest absolute Gasteiger partial charge is 0.435 e. The fraction of sp³-hybridized carbons (Fsp3) is 0. The van der Waals surface area contributed by atoms with Gasteiger partial charge in [0.05, 0.1) is 15.6 Å². The van der Waals surface area contributed by atoms with Crippen LogP contribution in [0.15, 0.2) is 84.9 Å². The van der Waals surface area contributed by atoms with Crippen LogP contribution < -0.4 is 15.1 Å². The maximum absolute atomic E-state index is 13.7. The quantitative estimate of drug-likeness (QED) is 0.652. The third-order valence-corrected chi connectivity index (χ3v) is 5.98. The van der Waals surface area contributed by atoms with Gasteiger partial charge in [-0.1, -0.05) is 60.1 Å². The molecule has 22 heavy (non-hydrogen) atoms. The van der Waals surface area contributed by atoms with Crippen molar-refractivity contribution in [2.45, 2.75) is 0 Å². The van der Waals surface area contributed by atoms with Crippen molar-refractivity contribution in [2.24, 2.45) is 0 Å². The van der Waals surface area contributed by atoms with Crippen LogP contribution in [0.3, 0.4) is 0 Å². The first kappa shape index (κ1) is 14.9. The molecule has 0 amide bonds. The Morgan fingerprint density at radius 3 is 1.64 bits per heavy atom. The summed E-state index contributed by atoms with van der Waals surface area (Å²) in [4.78, 5) is 0. The number of rotatable bonds is 4. The zero-order chi connectivity index (χ0) is 15.4. The SMILES string of the molecule is O=P(Oc1ccccc1Cl)(c1ccccc1)c1ccccc1. The van der Waals surface area contributed by atoms with Crippen molar-refractivity contribution in [1.82, 2.24) is 0 Å². The smallest absolute Gasteiger partial charge is 0.306 e. The molecule has 0 atom stereocenters. The Morgan fingerprint density at radius 1 is 0.682 bits per heavy atom. The summed E-state index contributed by atoms with van der Waals surface area (Å²) < 4.78 is 19.6. The number of halogens is 1. The van der Waals surface area contributed by atoms with Crippen molar-refractivity contribution in [3.8, 4) is 5.75 Å². The lowest BCUT2D eigenvalue weighted by Gasteiger charge is -2.21. The van der Waals surface area contributed by atoms with E-state index < -0.39 is 7.37 Å². The Bertz CT molecular complexity index is 760. The molecule has 0 unspecified atom stereocenters. The van der Waals surface area contributed by atoms with Gasteiger partial charge in [-0.15, -0.1) is 0 Å². The van der Waals surface area contributed by atoms with E-state index in [9.17, 15) is 4.57 Å². The molecule has 0 saturated heterocycles. The number of benzene rings is 3. The van der Waals surface area contributed by atoms with Crippen LogP contribution in [0.4, 0.5) is 0 Å². The van der Waals surface area contributed by atoms with Crippen molar-refractivity contribution < 1.29 is 9.09 Å². The standard InChI is InChI=1S/C18H14ClO2P/c19-17-13-7-8-14-18(17)21-22(20,15-9-3-1-4-10-15)16-11-5-2-6-12-16/h1-14H. The minimum absolute atomic E-state index is 0.417. The molecule has 0 radical (unpaired) electrons. The molecule has 0 heterocycles. The second-order valence-electron chi connectivity index (χ2n) is 4.74. The summed E-state index contributed by atoms with van der Waals surface area (Å²) in [5, 5.41) is 1.72. The van der Waals surface area contributed by atoms with Crippen LogP contribution in [0.25, 0.3) is 0 Å². The summed E-state index contributed by atoms with van der Waals surface area (Å²) >= 11 is 6.16. The van der Waals surface area contributed by atoms with Gasteiger partial charge >= 0.3 is 7.37 Å². The number of para-hydroxylation sites is 1. The monoisotopic (exact) mass is 328 g/mol. The first-order valence-electron chi connectivity index (χ1n) is 6.85. The van der Waals surface area contributed by atoms with E-state index in [4.69, 9.17) is 16.1 Å². The summed E-state index contributed by atoms with van der Waals surface area (Å²) in [5.74, 6) is 0.417. The van der Waals surface area contributed by atoms with Crippen LogP contribution in [0.5, 0.6) is 5.75 Å². The zero-order valence-electron chi connectivity index (χ0n) is 11.7. The van der Waals surface area contributed by atoms with Crippen molar-refractivity contribution >= 4 is 29.6 Å². The fourth-order valence-electron chi connectivity index (χ4n) is 2.16. The average molecular weight is 329 g/mol. The van der Waals surface area contributed by atoms with Gasteiger partial charge in [0.25, 0.3) is 0 Å². The Morgan fingerprint density at radius 2 is 1.14 bits per heavy atom. The normalized spacial score (nSPS) is 11.1. The van der Waals surface area contributed by atoms with Crippen molar-refractivity contribution in [1.29, 1.82) is 0 Å². The summed E-state index contributed by atoms with van der Waals surface area (Å²) in [7, 11) is -3.26. The second kappa shape index (κ2) is 6.39. The molecule has 0 aliphatic carbocycles. The molecule has 3 aromatic carbocycles. The molecule has 0 fully saturated rings. The van der Waals surface area contributed by atoms with E-state index in [-0.39, 0.29) is 0 Å². The Hall–Kier alpha value is -2.02. The van der Waals surface area contributed by atoms with E-state index in [1.165, 1.54) is 0 Å². The minimum atomic E-state index is -3.26. The molecule has 3 rings (SSSR count). The van der Waals surface area contributed by atoms with Gasteiger partial charge < -0.3 is 4.52 Å².